The van der Waals surface area contributed by atoms with Gasteiger partial charge in [-0.3, -0.25) is 33.9 Å². The van der Waals surface area contributed by atoms with Crippen molar-refractivity contribution in [2.45, 2.75) is 142 Å². The Morgan fingerprint density at radius 1 is 0.630 bits per heavy atom. The Labute approximate surface area is 438 Å². The van der Waals surface area contributed by atoms with Crippen LogP contribution in [0.1, 0.15) is 139 Å². The number of piperidine rings is 2. The lowest BCUT2D eigenvalue weighted by Crippen LogP contribution is -2.53. The average molecular weight is 1060 g/mol. The van der Waals surface area contributed by atoms with Crippen molar-refractivity contribution in [3.63, 3.8) is 0 Å². The quantitative estimate of drug-likeness (QED) is 0.0841. The Kier molecular flexibility index (Phi) is 20.1. The van der Waals surface area contributed by atoms with Gasteiger partial charge in [-0.1, -0.05) is 92.2 Å². The van der Waals surface area contributed by atoms with E-state index in [1.54, 1.807) is 12.1 Å². The molecule has 4 heterocycles. The summed E-state index contributed by atoms with van der Waals surface area (Å²) in [6.45, 7) is 11.1. The number of rotatable bonds is 18. The van der Waals surface area contributed by atoms with Gasteiger partial charge >= 0.3 is 11.9 Å². The van der Waals surface area contributed by atoms with Gasteiger partial charge < -0.3 is 25.7 Å². The number of nitrogens with zero attached hydrogens (tertiary/aromatic N) is 4. The fraction of sp³-hybridized carbons (Fsp3) is 0.673. The number of nitrogens with one attached hydrogen (secondary N) is 2. The normalized spacial score (nSPS) is 26.2. The average Bonchev–Trinajstić information content (AvgIpc) is 4.06. The monoisotopic (exact) mass is 1060 g/mol. The minimum atomic E-state index is -2.67. The number of amides is 2. The molecule has 73 heavy (non-hydrogen) atoms. The number of carboxylic acids is 2. The standard InChI is InChI=1S/C28H40ClF2N3O3.C27H36ClF2N3O3/c1-19-15-34(17-23-22(26(30)31)8-5-9-24(23)29)18-28(19,14-25(35)36)27(37)32-21-10-12-33(13-11-21)16-20-6-3-2-4-7-20;1-18-14-33(16-22-21(25(29)30)7-4-8-23(22)28)17-27(18,13-24(34)35)26(36)31-20-9-11-32(12-10-20)15-19-5-2-3-6-19/h5,8-9,19-21,26H,2-4,6-7,10-18H2,1H3,(H,32,37)(H,35,36);4-5,7-8,18,20,25H,2-3,6,9-17H2,1H3,(H,31,36)(H,34,35)/t19-,28+;18-,27+/m00/s1. The first kappa shape index (κ1) is 56.9. The summed E-state index contributed by atoms with van der Waals surface area (Å²) in [5.74, 6) is -2.25. The fourth-order valence-electron chi connectivity index (χ4n) is 12.8. The maximum atomic E-state index is 13.7. The van der Waals surface area contributed by atoms with E-state index >= 15 is 0 Å². The number of alkyl halides is 4. The molecule has 4 atom stereocenters. The number of halogens is 6. The van der Waals surface area contributed by atoms with Crippen LogP contribution in [0.4, 0.5) is 17.6 Å². The molecule has 0 aromatic heterocycles. The van der Waals surface area contributed by atoms with Crippen molar-refractivity contribution < 1.29 is 47.0 Å². The summed E-state index contributed by atoms with van der Waals surface area (Å²) in [6, 6.07) is 8.92. The number of carboxylic acid groups (broad SMARTS) is 2. The molecule has 2 amide bonds. The van der Waals surface area contributed by atoms with Crippen molar-refractivity contribution in [3.05, 3.63) is 80.3 Å². The van der Waals surface area contributed by atoms with Crippen LogP contribution in [0.25, 0.3) is 0 Å². The molecule has 4 saturated heterocycles. The molecule has 6 aliphatic rings. The number of aliphatic carboxylic acids is 2. The molecular weight excluding hydrogens is 988 g/mol. The van der Waals surface area contributed by atoms with Crippen molar-refractivity contribution in [2.24, 2.45) is 28.6 Å². The van der Waals surface area contributed by atoms with E-state index in [1.807, 2.05) is 23.6 Å². The number of hydrogen-bond acceptors (Lipinski definition) is 8. The summed E-state index contributed by atoms with van der Waals surface area (Å²) in [6.07, 6.45) is 10.0. The zero-order valence-electron chi connectivity index (χ0n) is 42.6. The molecule has 2 aromatic rings. The van der Waals surface area contributed by atoms with Crippen molar-refractivity contribution >= 4 is 47.0 Å². The molecule has 0 radical (unpaired) electrons. The van der Waals surface area contributed by atoms with E-state index in [0.717, 1.165) is 70.9 Å². The zero-order valence-corrected chi connectivity index (χ0v) is 44.1. The lowest BCUT2D eigenvalue weighted by molar-refractivity contribution is -0.147. The van der Waals surface area contributed by atoms with Crippen LogP contribution in [0, 0.1) is 28.6 Å². The molecule has 4 N–H and O–H groups in total. The molecule has 0 spiro atoms. The molecule has 4 aliphatic heterocycles. The number of likely N-dealkylation sites (tertiary alicyclic amines) is 4. The largest absolute Gasteiger partial charge is 0.481 e. The summed E-state index contributed by atoms with van der Waals surface area (Å²) >= 11 is 12.5. The van der Waals surface area contributed by atoms with Gasteiger partial charge in [0.2, 0.25) is 11.8 Å². The van der Waals surface area contributed by atoms with Gasteiger partial charge in [0.1, 0.15) is 0 Å². The maximum Gasteiger partial charge on any atom is 0.304 e. The van der Waals surface area contributed by atoms with Gasteiger partial charge in [-0.2, -0.15) is 0 Å². The lowest BCUT2D eigenvalue weighted by atomic mass is 9.75. The summed E-state index contributed by atoms with van der Waals surface area (Å²) in [5, 5.41) is 26.3. The van der Waals surface area contributed by atoms with Crippen molar-refractivity contribution in [1.29, 1.82) is 0 Å². The van der Waals surface area contributed by atoms with E-state index in [-0.39, 0.29) is 95.9 Å². The third-order valence-electron chi connectivity index (χ3n) is 17.0. The Morgan fingerprint density at radius 2 is 1.08 bits per heavy atom. The molecular formula is C55H76Cl2F4N6O6. The molecule has 12 nitrogen and oxygen atoms in total. The van der Waals surface area contributed by atoms with Crippen LogP contribution < -0.4 is 10.6 Å². The van der Waals surface area contributed by atoms with Crippen molar-refractivity contribution in [2.75, 3.05) is 65.4 Å². The number of carbonyl (C=O) groups excluding carboxylic acids is 2. The van der Waals surface area contributed by atoms with Crippen LogP contribution in [0.2, 0.25) is 10.0 Å². The second-order valence-electron chi connectivity index (χ2n) is 22.1. The summed E-state index contributed by atoms with van der Waals surface area (Å²) < 4.78 is 54.4. The number of benzene rings is 2. The van der Waals surface area contributed by atoms with Crippen molar-refractivity contribution in [3.8, 4) is 0 Å². The topological polar surface area (TPSA) is 146 Å². The fourth-order valence-corrected chi connectivity index (χ4v) is 13.2. The van der Waals surface area contributed by atoms with E-state index in [0.29, 0.717) is 24.2 Å². The number of hydrogen-bond donors (Lipinski definition) is 4. The molecule has 404 valence electrons. The predicted molar refractivity (Wildman–Crippen MR) is 275 cm³/mol. The van der Waals surface area contributed by atoms with Crippen LogP contribution in [0.3, 0.4) is 0 Å². The third kappa shape index (κ3) is 14.6. The van der Waals surface area contributed by atoms with Gasteiger partial charge in [-0.05, 0) is 98.8 Å². The minimum absolute atomic E-state index is 0.00670. The summed E-state index contributed by atoms with van der Waals surface area (Å²) in [4.78, 5) is 59.7. The van der Waals surface area contributed by atoms with Gasteiger partial charge in [0.25, 0.3) is 12.9 Å². The highest BCUT2D eigenvalue weighted by atomic mass is 35.5. The van der Waals surface area contributed by atoms with E-state index < -0.39 is 35.6 Å². The number of allylic oxidation sites excluding steroid dienone is 1. The molecule has 8 rings (SSSR count). The van der Waals surface area contributed by atoms with Gasteiger partial charge in [-0.25, -0.2) is 17.6 Å². The molecule has 2 aromatic carbocycles. The minimum Gasteiger partial charge on any atom is -0.481 e. The Hall–Kier alpha value is -3.80. The van der Waals surface area contributed by atoms with Gasteiger partial charge in [0.05, 0.1) is 23.7 Å². The maximum absolute atomic E-state index is 13.7. The molecule has 5 fully saturated rings. The molecule has 18 heteroatoms. The Bertz CT molecular complexity index is 2260. The highest BCUT2D eigenvalue weighted by Gasteiger charge is 2.53. The zero-order chi connectivity index (χ0) is 52.5. The van der Waals surface area contributed by atoms with Crippen LogP contribution in [-0.4, -0.2) is 131 Å². The number of carbonyl (C=O) groups is 4. The third-order valence-corrected chi connectivity index (χ3v) is 17.7. The van der Waals surface area contributed by atoms with Crippen LogP contribution in [0.5, 0.6) is 0 Å². The molecule has 1 saturated carbocycles. The van der Waals surface area contributed by atoms with E-state index in [2.05, 4.69) is 26.5 Å². The summed E-state index contributed by atoms with van der Waals surface area (Å²) in [5.41, 5.74) is -0.316. The Balaban J connectivity index is 0.000000214. The van der Waals surface area contributed by atoms with Crippen LogP contribution >= 0.6 is 23.2 Å². The summed E-state index contributed by atoms with van der Waals surface area (Å²) in [7, 11) is 0. The Morgan fingerprint density at radius 3 is 1.49 bits per heavy atom. The second-order valence-corrected chi connectivity index (χ2v) is 23.0. The van der Waals surface area contributed by atoms with Crippen molar-refractivity contribution in [1.82, 2.24) is 30.2 Å². The molecule has 2 aliphatic carbocycles. The first-order chi connectivity index (χ1) is 34.8. The van der Waals surface area contributed by atoms with Gasteiger partial charge in [-0.15, -0.1) is 0 Å². The highest BCUT2D eigenvalue weighted by molar-refractivity contribution is 6.31. The van der Waals surface area contributed by atoms with E-state index in [9.17, 15) is 47.0 Å². The molecule has 0 bridgehead atoms. The van der Waals surface area contributed by atoms with Crippen LogP contribution in [0.15, 0.2) is 48.0 Å². The van der Waals surface area contributed by atoms with Crippen LogP contribution in [-0.2, 0) is 32.3 Å². The first-order valence-corrected chi connectivity index (χ1v) is 27.3. The van der Waals surface area contributed by atoms with E-state index in [4.69, 9.17) is 23.2 Å². The van der Waals surface area contributed by atoms with Gasteiger partial charge in [0, 0.05) is 112 Å². The smallest absolute Gasteiger partial charge is 0.304 e. The predicted octanol–water partition coefficient (Wildman–Crippen LogP) is 10.2. The van der Waals surface area contributed by atoms with Gasteiger partial charge in [0.15, 0.2) is 0 Å². The van der Waals surface area contributed by atoms with E-state index in [1.165, 1.54) is 81.2 Å². The lowest BCUT2D eigenvalue weighted by Gasteiger charge is -2.37. The first-order valence-electron chi connectivity index (χ1n) is 26.6. The second kappa shape index (κ2) is 25.8. The highest BCUT2D eigenvalue weighted by Crippen LogP contribution is 2.44. The molecule has 0 unspecified atom stereocenters. The SMILES string of the molecule is C[C@H]1CN(Cc2c(Cl)cccc2C(F)F)C[C@@]1(CC(=O)O)C(=O)NC1CCN(CC2=CCCC2)CC1.C[C@H]1CN(Cc2c(Cl)cccc2C(F)F)C[C@@]1(CC(=O)O)C(=O)NC1CCN(CC2CCCCC2)CC1.